The predicted octanol–water partition coefficient (Wildman–Crippen LogP) is 5.90. The number of anilines is 1. The first-order chi connectivity index (χ1) is 15.9. The second-order valence-corrected chi connectivity index (χ2v) is 9.96. The summed E-state index contributed by atoms with van der Waals surface area (Å²) in [5.74, 6) is 0.429. The maximum atomic E-state index is 14.4. The van der Waals surface area contributed by atoms with Crippen molar-refractivity contribution in [3.63, 3.8) is 0 Å². The zero-order valence-corrected chi connectivity index (χ0v) is 20.2. The standard InChI is InChI=1S/C24H24FN5OS2/c1-15(2)12-30-23(19-9-4-5-10-20(19)25)28-29-24(30)33-14-22(31)27-18-8-6-7-17(11-18)21-13-32-16(3)26-21/h4-11,13,15H,12,14H2,1-3H3,(H,27,31). The second kappa shape index (κ2) is 10.3. The summed E-state index contributed by atoms with van der Waals surface area (Å²) in [4.78, 5) is 17.1. The average Bonchev–Trinajstić information content (AvgIpc) is 3.39. The van der Waals surface area contributed by atoms with Gasteiger partial charge >= 0.3 is 0 Å². The number of nitrogens with one attached hydrogen (secondary N) is 1. The molecule has 170 valence electrons. The highest BCUT2D eigenvalue weighted by atomic mass is 32.2. The summed E-state index contributed by atoms with van der Waals surface area (Å²) >= 11 is 2.88. The number of halogens is 1. The average molecular weight is 482 g/mol. The summed E-state index contributed by atoms with van der Waals surface area (Å²) in [5.41, 5.74) is 2.96. The highest BCUT2D eigenvalue weighted by molar-refractivity contribution is 7.99. The molecule has 0 atom stereocenters. The number of aromatic nitrogens is 4. The Hall–Kier alpha value is -3.04. The van der Waals surface area contributed by atoms with Gasteiger partial charge in [0.25, 0.3) is 0 Å². The number of aryl methyl sites for hydroxylation is 1. The first-order valence-corrected chi connectivity index (χ1v) is 12.4. The molecular formula is C24H24FN5OS2. The third kappa shape index (κ3) is 5.66. The number of carbonyl (C=O) groups is 1. The number of thioether (sulfide) groups is 1. The minimum absolute atomic E-state index is 0.154. The smallest absolute Gasteiger partial charge is 0.234 e. The van der Waals surface area contributed by atoms with Crippen LogP contribution >= 0.6 is 23.1 Å². The molecule has 0 spiro atoms. The molecule has 0 aliphatic heterocycles. The van der Waals surface area contributed by atoms with Gasteiger partial charge in [-0.1, -0.05) is 49.9 Å². The first kappa shape index (κ1) is 23.1. The van der Waals surface area contributed by atoms with Crippen molar-refractivity contribution >= 4 is 34.7 Å². The van der Waals surface area contributed by atoms with Crippen LogP contribution in [-0.4, -0.2) is 31.4 Å². The van der Waals surface area contributed by atoms with E-state index in [2.05, 4.69) is 34.3 Å². The molecule has 0 fully saturated rings. The molecule has 1 amide bonds. The number of thiazole rings is 1. The van der Waals surface area contributed by atoms with Gasteiger partial charge in [0.2, 0.25) is 5.91 Å². The molecule has 0 saturated carbocycles. The summed E-state index contributed by atoms with van der Waals surface area (Å²) in [6, 6.07) is 14.1. The minimum atomic E-state index is -0.348. The molecule has 0 saturated heterocycles. The molecule has 0 radical (unpaired) electrons. The van der Waals surface area contributed by atoms with Gasteiger partial charge in [-0.15, -0.1) is 21.5 Å². The quantitative estimate of drug-likeness (QED) is 0.317. The zero-order valence-electron chi connectivity index (χ0n) is 18.6. The molecule has 0 unspecified atom stereocenters. The minimum Gasteiger partial charge on any atom is -0.325 e. The van der Waals surface area contributed by atoms with E-state index in [4.69, 9.17) is 0 Å². The van der Waals surface area contributed by atoms with Gasteiger partial charge in [-0.3, -0.25) is 4.79 Å². The molecule has 33 heavy (non-hydrogen) atoms. The van der Waals surface area contributed by atoms with Crippen LogP contribution < -0.4 is 5.32 Å². The van der Waals surface area contributed by atoms with E-state index in [1.807, 2.05) is 41.1 Å². The van der Waals surface area contributed by atoms with E-state index in [1.54, 1.807) is 29.5 Å². The molecule has 0 aliphatic rings. The van der Waals surface area contributed by atoms with E-state index in [0.717, 1.165) is 16.3 Å². The van der Waals surface area contributed by atoms with Crippen molar-refractivity contribution in [1.82, 2.24) is 19.7 Å². The number of hydrogen-bond donors (Lipinski definition) is 1. The van der Waals surface area contributed by atoms with E-state index >= 15 is 0 Å². The van der Waals surface area contributed by atoms with Crippen LogP contribution in [0.4, 0.5) is 10.1 Å². The van der Waals surface area contributed by atoms with E-state index in [-0.39, 0.29) is 17.5 Å². The van der Waals surface area contributed by atoms with Gasteiger partial charge in [0.05, 0.1) is 22.0 Å². The Morgan fingerprint density at radius 1 is 1.18 bits per heavy atom. The highest BCUT2D eigenvalue weighted by Crippen LogP contribution is 2.28. The lowest BCUT2D eigenvalue weighted by atomic mass is 10.1. The molecular weight excluding hydrogens is 457 g/mol. The largest absolute Gasteiger partial charge is 0.325 e. The second-order valence-electron chi connectivity index (χ2n) is 7.96. The van der Waals surface area contributed by atoms with E-state index < -0.39 is 0 Å². The molecule has 2 heterocycles. The van der Waals surface area contributed by atoms with E-state index in [9.17, 15) is 9.18 Å². The van der Waals surface area contributed by atoms with Crippen LogP contribution in [0, 0.1) is 18.7 Å². The van der Waals surface area contributed by atoms with Crippen molar-refractivity contribution in [3.8, 4) is 22.6 Å². The fourth-order valence-electron chi connectivity index (χ4n) is 3.35. The van der Waals surface area contributed by atoms with Crippen molar-refractivity contribution in [2.24, 2.45) is 5.92 Å². The van der Waals surface area contributed by atoms with Crippen LogP contribution in [0.5, 0.6) is 0 Å². The highest BCUT2D eigenvalue weighted by Gasteiger charge is 2.19. The fourth-order valence-corrected chi connectivity index (χ4v) is 4.72. The van der Waals surface area contributed by atoms with Gasteiger partial charge in [0, 0.05) is 23.2 Å². The van der Waals surface area contributed by atoms with Crippen LogP contribution in [0.1, 0.15) is 18.9 Å². The third-order valence-electron chi connectivity index (χ3n) is 4.77. The SMILES string of the molecule is Cc1nc(-c2cccc(NC(=O)CSc3nnc(-c4ccccc4F)n3CC(C)C)c2)cs1. The van der Waals surface area contributed by atoms with E-state index in [1.165, 1.54) is 17.8 Å². The van der Waals surface area contributed by atoms with Crippen LogP contribution in [0.2, 0.25) is 0 Å². The Morgan fingerprint density at radius 3 is 2.73 bits per heavy atom. The number of nitrogens with zero attached hydrogens (tertiary/aromatic N) is 4. The van der Waals surface area contributed by atoms with Gasteiger partial charge in [-0.2, -0.15) is 0 Å². The number of rotatable bonds is 8. The number of benzene rings is 2. The van der Waals surface area contributed by atoms with Gasteiger partial charge in [-0.05, 0) is 37.1 Å². The van der Waals surface area contributed by atoms with Gasteiger partial charge in [0.15, 0.2) is 11.0 Å². The lowest BCUT2D eigenvalue weighted by Crippen LogP contribution is -2.15. The molecule has 0 bridgehead atoms. The molecule has 4 rings (SSSR count). The Kier molecular flexibility index (Phi) is 7.20. The molecule has 2 aromatic heterocycles. The van der Waals surface area contributed by atoms with Gasteiger partial charge < -0.3 is 9.88 Å². The van der Waals surface area contributed by atoms with Crippen molar-refractivity contribution in [2.45, 2.75) is 32.5 Å². The van der Waals surface area contributed by atoms with Crippen LogP contribution in [0.25, 0.3) is 22.6 Å². The van der Waals surface area contributed by atoms with Crippen LogP contribution in [-0.2, 0) is 11.3 Å². The maximum Gasteiger partial charge on any atom is 0.234 e. The van der Waals surface area contributed by atoms with Gasteiger partial charge in [-0.25, -0.2) is 9.37 Å². The number of hydrogen-bond acceptors (Lipinski definition) is 6. The maximum absolute atomic E-state index is 14.4. The van der Waals surface area contributed by atoms with Crippen molar-refractivity contribution in [2.75, 3.05) is 11.1 Å². The molecule has 6 nitrogen and oxygen atoms in total. The normalized spacial score (nSPS) is 11.2. The molecule has 0 aliphatic carbocycles. The summed E-state index contributed by atoms with van der Waals surface area (Å²) < 4.78 is 16.2. The Bertz CT molecular complexity index is 1270. The Labute approximate surface area is 200 Å². The Morgan fingerprint density at radius 2 is 2.00 bits per heavy atom. The first-order valence-electron chi connectivity index (χ1n) is 10.5. The summed E-state index contributed by atoms with van der Waals surface area (Å²) in [6.45, 7) is 6.73. The molecule has 1 N–H and O–H groups in total. The molecule has 4 aromatic rings. The van der Waals surface area contributed by atoms with Crippen molar-refractivity contribution < 1.29 is 9.18 Å². The van der Waals surface area contributed by atoms with Crippen LogP contribution in [0.3, 0.4) is 0 Å². The van der Waals surface area contributed by atoms with Gasteiger partial charge in [0.1, 0.15) is 5.82 Å². The third-order valence-corrected chi connectivity index (χ3v) is 6.51. The lowest BCUT2D eigenvalue weighted by Gasteiger charge is -2.13. The van der Waals surface area contributed by atoms with Crippen molar-refractivity contribution in [3.05, 3.63) is 64.7 Å². The lowest BCUT2D eigenvalue weighted by molar-refractivity contribution is -0.113. The Balaban J connectivity index is 1.47. The monoisotopic (exact) mass is 481 g/mol. The van der Waals surface area contributed by atoms with Crippen molar-refractivity contribution in [1.29, 1.82) is 0 Å². The fraction of sp³-hybridized carbons (Fsp3) is 0.250. The molecule has 9 heteroatoms. The zero-order chi connectivity index (χ0) is 23.4. The summed E-state index contributed by atoms with van der Waals surface area (Å²) in [5, 5.41) is 15.0. The topological polar surface area (TPSA) is 72.7 Å². The van der Waals surface area contributed by atoms with Crippen LogP contribution in [0.15, 0.2) is 59.1 Å². The molecule has 2 aromatic carbocycles. The number of amides is 1. The summed E-state index contributed by atoms with van der Waals surface area (Å²) in [6.07, 6.45) is 0. The number of carbonyl (C=O) groups excluding carboxylic acids is 1. The summed E-state index contributed by atoms with van der Waals surface area (Å²) in [7, 11) is 0. The predicted molar refractivity (Wildman–Crippen MR) is 132 cm³/mol. The van der Waals surface area contributed by atoms with E-state index in [0.29, 0.717) is 34.7 Å².